The highest BCUT2D eigenvalue weighted by atomic mass is 16.6. The Balaban J connectivity index is 3.79. The quantitative estimate of drug-likeness (QED) is 0.477. The summed E-state index contributed by atoms with van der Waals surface area (Å²) in [4.78, 5) is 34.9. The van der Waals surface area contributed by atoms with Gasteiger partial charge in [-0.15, -0.1) is 0 Å². The Morgan fingerprint density at radius 2 is 1.60 bits per heavy atom. The van der Waals surface area contributed by atoms with E-state index in [1.54, 1.807) is 7.11 Å². The summed E-state index contributed by atoms with van der Waals surface area (Å²) >= 11 is 0. The molecule has 8 heteroatoms. The van der Waals surface area contributed by atoms with Crippen LogP contribution >= 0.6 is 0 Å². The second kappa shape index (κ2) is 12.7. The first-order valence-electron chi connectivity index (χ1n) is 8.44. The molecule has 0 aromatic heterocycles. The number of nitrogens with one attached hydrogen (secondary N) is 2. The van der Waals surface area contributed by atoms with Gasteiger partial charge in [-0.2, -0.15) is 0 Å². The molecule has 0 fully saturated rings. The molecule has 0 bridgehead atoms. The van der Waals surface area contributed by atoms with Gasteiger partial charge in [0.25, 0.3) is 0 Å². The molecule has 0 aliphatic heterocycles. The highest BCUT2D eigenvalue weighted by Crippen LogP contribution is 2.29. The van der Waals surface area contributed by atoms with E-state index >= 15 is 0 Å². The number of hydrogen-bond donors (Lipinski definition) is 2. The minimum absolute atomic E-state index is 0.0390. The van der Waals surface area contributed by atoms with Gasteiger partial charge in [0.15, 0.2) is 5.78 Å². The lowest BCUT2D eigenvalue weighted by Crippen LogP contribution is -2.40. The van der Waals surface area contributed by atoms with Crippen molar-refractivity contribution in [3.63, 3.8) is 0 Å². The van der Waals surface area contributed by atoms with E-state index in [0.717, 1.165) is 0 Å². The van der Waals surface area contributed by atoms with Gasteiger partial charge in [-0.1, -0.05) is 27.7 Å². The number of rotatable bonds is 13. The van der Waals surface area contributed by atoms with Gasteiger partial charge < -0.3 is 24.8 Å². The average molecular weight is 360 g/mol. The third-order valence-electron chi connectivity index (χ3n) is 3.98. The van der Waals surface area contributed by atoms with Crippen LogP contribution in [0.5, 0.6) is 0 Å². The number of carbonyl (C=O) groups is 3. The SMILES string of the molecule is COCCOCCOC(=O)NCC(=O)NCC(=O)CC(C)(C)C(C)C. The number of ketones is 1. The Morgan fingerprint density at radius 1 is 0.960 bits per heavy atom. The summed E-state index contributed by atoms with van der Waals surface area (Å²) in [6.07, 6.45) is -0.318. The lowest BCUT2D eigenvalue weighted by Gasteiger charge is -2.28. The van der Waals surface area contributed by atoms with Crippen LogP contribution in [-0.4, -0.2) is 64.4 Å². The number of hydrogen-bond acceptors (Lipinski definition) is 6. The Morgan fingerprint density at radius 3 is 2.20 bits per heavy atom. The maximum absolute atomic E-state index is 11.9. The Labute approximate surface area is 150 Å². The van der Waals surface area contributed by atoms with Crippen molar-refractivity contribution in [3.05, 3.63) is 0 Å². The van der Waals surface area contributed by atoms with E-state index in [1.807, 2.05) is 13.8 Å². The van der Waals surface area contributed by atoms with Crippen molar-refractivity contribution >= 4 is 17.8 Å². The Bertz CT molecular complexity index is 423. The van der Waals surface area contributed by atoms with Crippen LogP contribution in [0.25, 0.3) is 0 Å². The molecular weight excluding hydrogens is 328 g/mol. The molecular formula is C17H32N2O6. The predicted molar refractivity (Wildman–Crippen MR) is 93.3 cm³/mol. The van der Waals surface area contributed by atoms with Crippen molar-refractivity contribution in [2.24, 2.45) is 11.3 Å². The summed E-state index contributed by atoms with van der Waals surface area (Å²) < 4.78 is 14.8. The maximum Gasteiger partial charge on any atom is 0.407 e. The van der Waals surface area contributed by atoms with Crippen LogP contribution in [0.15, 0.2) is 0 Å². The minimum atomic E-state index is -0.710. The number of alkyl carbamates (subject to hydrolysis) is 1. The number of carbonyl (C=O) groups excluding carboxylic acids is 3. The van der Waals surface area contributed by atoms with E-state index in [-0.39, 0.29) is 37.5 Å². The van der Waals surface area contributed by atoms with E-state index in [1.165, 1.54) is 0 Å². The van der Waals surface area contributed by atoms with Gasteiger partial charge in [-0.05, 0) is 11.3 Å². The summed E-state index contributed by atoms with van der Waals surface area (Å²) in [5.74, 6) is -0.117. The van der Waals surface area contributed by atoms with Crippen LogP contribution in [0.4, 0.5) is 4.79 Å². The molecule has 0 aliphatic carbocycles. The molecule has 0 atom stereocenters. The molecule has 0 unspecified atom stereocenters. The number of ether oxygens (including phenoxy) is 3. The van der Waals surface area contributed by atoms with Crippen molar-refractivity contribution in [1.82, 2.24) is 10.6 Å². The van der Waals surface area contributed by atoms with E-state index < -0.39 is 12.0 Å². The molecule has 0 spiro atoms. The summed E-state index contributed by atoms with van der Waals surface area (Å²) in [6, 6.07) is 0. The fourth-order valence-corrected chi connectivity index (χ4v) is 1.68. The van der Waals surface area contributed by atoms with Gasteiger partial charge in [-0.3, -0.25) is 9.59 Å². The monoisotopic (exact) mass is 360 g/mol. The molecule has 0 aliphatic rings. The molecule has 2 amide bonds. The molecule has 146 valence electrons. The normalized spacial score (nSPS) is 11.3. The molecule has 0 aromatic carbocycles. The summed E-state index contributed by atoms with van der Waals surface area (Å²) in [5.41, 5.74) is -0.116. The zero-order chi connectivity index (χ0) is 19.3. The van der Waals surface area contributed by atoms with Crippen molar-refractivity contribution in [2.45, 2.75) is 34.1 Å². The van der Waals surface area contributed by atoms with Gasteiger partial charge in [0.1, 0.15) is 13.2 Å². The van der Waals surface area contributed by atoms with Gasteiger partial charge in [0.2, 0.25) is 5.91 Å². The van der Waals surface area contributed by atoms with Crippen LogP contribution in [0.2, 0.25) is 0 Å². The molecule has 25 heavy (non-hydrogen) atoms. The van der Waals surface area contributed by atoms with E-state index in [9.17, 15) is 14.4 Å². The third kappa shape index (κ3) is 12.4. The first kappa shape index (κ1) is 23.3. The molecule has 0 heterocycles. The zero-order valence-corrected chi connectivity index (χ0v) is 16.0. The second-order valence-corrected chi connectivity index (χ2v) is 6.73. The summed E-state index contributed by atoms with van der Waals surface area (Å²) in [6.45, 7) is 9.10. The fraction of sp³-hybridized carbons (Fsp3) is 0.824. The van der Waals surface area contributed by atoms with Crippen molar-refractivity contribution < 1.29 is 28.6 Å². The third-order valence-corrected chi connectivity index (χ3v) is 3.98. The predicted octanol–water partition coefficient (Wildman–Crippen LogP) is 1.13. The first-order valence-corrected chi connectivity index (χ1v) is 8.44. The summed E-state index contributed by atoms with van der Waals surface area (Å²) in [5, 5.41) is 4.80. The largest absolute Gasteiger partial charge is 0.447 e. The zero-order valence-electron chi connectivity index (χ0n) is 16.0. The minimum Gasteiger partial charge on any atom is -0.447 e. The van der Waals surface area contributed by atoms with Gasteiger partial charge in [-0.25, -0.2) is 4.79 Å². The van der Waals surface area contributed by atoms with Gasteiger partial charge in [0, 0.05) is 13.5 Å². The smallest absolute Gasteiger partial charge is 0.407 e. The van der Waals surface area contributed by atoms with Gasteiger partial charge >= 0.3 is 6.09 Å². The van der Waals surface area contributed by atoms with E-state index in [4.69, 9.17) is 14.2 Å². The van der Waals surface area contributed by atoms with Crippen LogP contribution < -0.4 is 10.6 Å². The standard InChI is InChI=1S/C17H32N2O6/c1-13(2)17(3,4)10-14(20)11-18-15(21)12-19-16(22)25-9-8-24-7-6-23-5/h13H,6-12H2,1-5H3,(H,18,21)(H,19,22). The molecule has 0 rings (SSSR count). The number of methoxy groups -OCH3 is 1. The fourth-order valence-electron chi connectivity index (χ4n) is 1.68. The Hall–Kier alpha value is -1.67. The topological polar surface area (TPSA) is 103 Å². The van der Waals surface area contributed by atoms with Crippen molar-refractivity contribution in [2.75, 3.05) is 46.6 Å². The Kier molecular flexibility index (Phi) is 11.8. The summed E-state index contributed by atoms with van der Waals surface area (Å²) in [7, 11) is 1.57. The van der Waals surface area contributed by atoms with Crippen LogP contribution in [0.1, 0.15) is 34.1 Å². The lowest BCUT2D eigenvalue weighted by molar-refractivity contribution is -0.125. The molecule has 0 aromatic rings. The molecule has 0 radical (unpaired) electrons. The van der Waals surface area contributed by atoms with Crippen molar-refractivity contribution in [3.8, 4) is 0 Å². The number of Topliss-reactive ketones (excluding diaryl/α,β-unsaturated/α-hetero) is 1. The van der Waals surface area contributed by atoms with Crippen LogP contribution in [0.3, 0.4) is 0 Å². The molecule has 0 saturated heterocycles. The lowest BCUT2D eigenvalue weighted by atomic mass is 9.77. The molecule has 8 nitrogen and oxygen atoms in total. The second-order valence-electron chi connectivity index (χ2n) is 6.73. The van der Waals surface area contributed by atoms with E-state index in [0.29, 0.717) is 25.6 Å². The molecule has 0 saturated carbocycles. The first-order chi connectivity index (χ1) is 11.7. The highest BCUT2D eigenvalue weighted by Gasteiger charge is 2.25. The highest BCUT2D eigenvalue weighted by molar-refractivity contribution is 5.88. The maximum atomic E-state index is 11.9. The average Bonchev–Trinajstić information content (AvgIpc) is 2.53. The van der Waals surface area contributed by atoms with Gasteiger partial charge in [0.05, 0.1) is 26.4 Å². The van der Waals surface area contributed by atoms with Crippen LogP contribution in [-0.2, 0) is 23.8 Å². The van der Waals surface area contributed by atoms with Crippen LogP contribution in [0, 0.1) is 11.3 Å². The molecule has 2 N–H and O–H groups in total. The number of amides is 2. The van der Waals surface area contributed by atoms with E-state index in [2.05, 4.69) is 24.5 Å². The van der Waals surface area contributed by atoms with Crippen molar-refractivity contribution in [1.29, 1.82) is 0 Å².